The number of sulfonamides is 1. The van der Waals surface area contributed by atoms with Crippen LogP contribution in [0.25, 0.3) is 0 Å². The molecule has 0 atom stereocenters. The Morgan fingerprint density at radius 2 is 1.62 bits per heavy atom. The highest BCUT2D eigenvalue weighted by atomic mass is 32.2. The molecule has 6 nitrogen and oxygen atoms in total. The molecule has 0 unspecified atom stereocenters. The molecule has 0 radical (unpaired) electrons. The lowest BCUT2D eigenvalue weighted by Crippen LogP contribution is -2.51. The maximum atomic E-state index is 13.1. The molecule has 0 saturated carbocycles. The molecule has 1 aromatic carbocycles. The van der Waals surface area contributed by atoms with Crippen LogP contribution < -0.4 is 4.74 Å². The van der Waals surface area contributed by atoms with E-state index in [1.165, 1.54) is 0 Å². The van der Waals surface area contributed by atoms with Crippen LogP contribution in [0.4, 0.5) is 0 Å². The Morgan fingerprint density at radius 1 is 1.08 bits per heavy atom. The van der Waals surface area contributed by atoms with Crippen molar-refractivity contribution in [1.29, 1.82) is 0 Å². The predicted octanol–water partition coefficient (Wildman–Crippen LogP) is 2.23. The number of ether oxygens (including phenoxy) is 3. The summed E-state index contributed by atoms with van der Waals surface area (Å²) in [5, 5.41) is 0. The lowest BCUT2D eigenvalue weighted by atomic mass is 10.0. The molecule has 0 amide bonds. The summed E-state index contributed by atoms with van der Waals surface area (Å²) in [6.45, 7) is 5.80. The van der Waals surface area contributed by atoms with Crippen LogP contribution in [0.2, 0.25) is 0 Å². The van der Waals surface area contributed by atoms with Gasteiger partial charge in [-0.25, -0.2) is 8.42 Å². The van der Waals surface area contributed by atoms with E-state index in [9.17, 15) is 8.42 Å². The number of hydrogen-bond acceptors (Lipinski definition) is 5. The van der Waals surface area contributed by atoms with Crippen molar-refractivity contribution in [3.8, 4) is 5.75 Å². The molecule has 0 N–H and O–H groups in total. The number of piperidine rings is 1. The first-order valence-electron chi connectivity index (χ1n) is 8.31. The first-order valence-corrected chi connectivity index (χ1v) is 9.75. The average molecular weight is 355 g/mol. The van der Waals surface area contributed by atoms with E-state index in [4.69, 9.17) is 14.2 Å². The second-order valence-corrected chi connectivity index (χ2v) is 8.33. The average Bonchev–Trinajstić information content (AvgIpc) is 2.55. The molecule has 2 saturated heterocycles. The van der Waals surface area contributed by atoms with E-state index in [-0.39, 0.29) is 0 Å². The third kappa shape index (κ3) is 3.18. The molecule has 1 aromatic rings. The molecular formula is C17H25NO5S. The van der Waals surface area contributed by atoms with Crippen LogP contribution in [0, 0.1) is 13.8 Å². The zero-order chi connectivity index (χ0) is 17.4. The molecule has 3 rings (SSSR count). The van der Waals surface area contributed by atoms with E-state index in [1.54, 1.807) is 37.4 Å². The molecule has 0 bridgehead atoms. The first-order chi connectivity index (χ1) is 11.4. The van der Waals surface area contributed by atoms with E-state index in [1.807, 2.05) is 0 Å². The lowest BCUT2D eigenvalue weighted by Gasteiger charge is -2.43. The van der Waals surface area contributed by atoms with Crippen LogP contribution in [-0.4, -0.2) is 51.9 Å². The van der Waals surface area contributed by atoms with Crippen LogP contribution in [0.5, 0.6) is 5.75 Å². The molecule has 134 valence electrons. The molecule has 0 aliphatic carbocycles. The van der Waals surface area contributed by atoms with Crippen LogP contribution >= 0.6 is 0 Å². The molecule has 0 aromatic heterocycles. The molecule has 7 heteroatoms. The van der Waals surface area contributed by atoms with Crippen molar-refractivity contribution in [3.63, 3.8) is 0 Å². The Hall–Kier alpha value is -1.15. The van der Waals surface area contributed by atoms with Gasteiger partial charge >= 0.3 is 0 Å². The Balaban J connectivity index is 1.82. The van der Waals surface area contributed by atoms with Crippen LogP contribution in [0.3, 0.4) is 0 Å². The van der Waals surface area contributed by atoms with Crippen molar-refractivity contribution < 1.29 is 22.6 Å². The highest BCUT2D eigenvalue weighted by Crippen LogP contribution is 2.35. The van der Waals surface area contributed by atoms with Crippen molar-refractivity contribution in [1.82, 2.24) is 4.31 Å². The summed E-state index contributed by atoms with van der Waals surface area (Å²) < 4.78 is 44.6. The predicted molar refractivity (Wildman–Crippen MR) is 89.7 cm³/mol. The molecule has 24 heavy (non-hydrogen) atoms. The summed E-state index contributed by atoms with van der Waals surface area (Å²) in [7, 11) is -1.96. The van der Waals surface area contributed by atoms with E-state index in [0.29, 0.717) is 60.9 Å². The fraction of sp³-hybridized carbons (Fsp3) is 0.647. The van der Waals surface area contributed by atoms with Gasteiger partial charge in [0.15, 0.2) is 5.79 Å². The quantitative estimate of drug-likeness (QED) is 0.832. The molecule has 2 fully saturated rings. The van der Waals surface area contributed by atoms with Gasteiger partial charge < -0.3 is 14.2 Å². The van der Waals surface area contributed by atoms with Gasteiger partial charge in [0.1, 0.15) is 5.75 Å². The summed E-state index contributed by atoms with van der Waals surface area (Å²) in [5.74, 6) is 0.0828. The van der Waals surface area contributed by atoms with Crippen molar-refractivity contribution in [2.24, 2.45) is 0 Å². The second-order valence-electron chi connectivity index (χ2n) is 6.46. The Kier molecular flexibility index (Phi) is 4.88. The van der Waals surface area contributed by atoms with Gasteiger partial charge in [-0.15, -0.1) is 0 Å². The number of methoxy groups -OCH3 is 1. The Labute approximate surface area is 143 Å². The normalized spacial score (nSPS) is 21.8. The summed E-state index contributed by atoms with van der Waals surface area (Å²) in [4.78, 5) is 0.379. The zero-order valence-corrected chi connectivity index (χ0v) is 15.3. The maximum absolute atomic E-state index is 13.1. The van der Waals surface area contributed by atoms with E-state index in [2.05, 4.69) is 0 Å². The van der Waals surface area contributed by atoms with Gasteiger partial charge in [0.2, 0.25) is 10.0 Å². The van der Waals surface area contributed by atoms with E-state index < -0.39 is 15.8 Å². The summed E-state index contributed by atoms with van der Waals surface area (Å²) in [6, 6.07) is 3.53. The molecule has 1 spiro atoms. The Morgan fingerprint density at radius 3 is 2.12 bits per heavy atom. The highest BCUT2D eigenvalue weighted by Gasteiger charge is 2.42. The number of aryl methyl sites for hydroxylation is 2. The first kappa shape index (κ1) is 17.7. The fourth-order valence-corrected chi connectivity index (χ4v) is 5.39. The van der Waals surface area contributed by atoms with Crippen molar-refractivity contribution in [2.75, 3.05) is 33.4 Å². The van der Waals surface area contributed by atoms with Gasteiger partial charge in [0.05, 0.1) is 25.2 Å². The summed E-state index contributed by atoms with van der Waals surface area (Å²) >= 11 is 0. The van der Waals surface area contributed by atoms with Crippen molar-refractivity contribution in [2.45, 2.75) is 43.8 Å². The summed E-state index contributed by atoms with van der Waals surface area (Å²) in [5.41, 5.74) is 1.41. The minimum absolute atomic E-state index is 0.379. The van der Waals surface area contributed by atoms with Gasteiger partial charge in [0, 0.05) is 25.9 Å². The molecule has 2 aliphatic rings. The van der Waals surface area contributed by atoms with E-state index >= 15 is 0 Å². The maximum Gasteiger partial charge on any atom is 0.243 e. The standard InChI is InChI=1S/C17H25NO5S/c1-13-11-15(21-3)12-14(2)16(13)24(19,20)18-7-5-17(6-8-18)22-9-4-10-23-17/h11-12H,4-10H2,1-3H3. The highest BCUT2D eigenvalue weighted by molar-refractivity contribution is 7.89. The number of nitrogens with zero attached hydrogens (tertiary/aromatic N) is 1. The third-order valence-electron chi connectivity index (χ3n) is 4.77. The topological polar surface area (TPSA) is 65.1 Å². The van der Waals surface area contributed by atoms with Crippen LogP contribution in [0.15, 0.2) is 17.0 Å². The van der Waals surface area contributed by atoms with Gasteiger partial charge in [-0.05, 0) is 43.5 Å². The molecule has 2 heterocycles. The largest absolute Gasteiger partial charge is 0.497 e. The number of benzene rings is 1. The fourth-order valence-electron chi connectivity index (χ4n) is 3.54. The minimum atomic E-state index is -3.54. The van der Waals surface area contributed by atoms with Gasteiger partial charge in [-0.3, -0.25) is 0 Å². The SMILES string of the molecule is COc1cc(C)c(S(=O)(=O)N2CCC3(CC2)OCCCO3)c(C)c1. The second kappa shape index (κ2) is 6.63. The molecule has 2 aliphatic heterocycles. The number of rotatable bonds is 3. The van der Waals surface area contributed by atoms with Gasteiger partial charge in [-0.1, -0.05) is 0 Å². The Bertz CT molecular complexity index is 677. The zero-order valence-electron chi connectivity index (χ0n) is 14.5. The third-order valence-corrected chi connectivity index (χ3v) is 6.98. The van der Waals surface area contributed by atoms with E-state index in [0.717, 1.165) is 6.42 Å². The van der Waals surface area contributed by atoms with Gasteiger partial charge in [-0.2, -0.15) is 4.31 Å². The number of hydrogen-bond donors (Lipinski definition) is 0. The van der Waals surface area contributed by atoms with Crippen LogP contribution in [0.1, 0.15) is 30.4 Å². The lowest BCUT2D eigenvalue weighted by molar-refractivity contribution is -0.280. The van der Waals surface area contributed by atoms with Crippen molar-refractivity contribution in [3.05, 3.63) is 23.3 Å². The van der Waals surface area contributed by atoms with Crippen molar-refractivity contribution >= 4 is 10.0 Å². The summed E-state index contributed by atoms with van der Waals surface area (Å²) in [6.07, 6.45) is 2.04. The monoisotopic (exact) mass is 355 g/mol. The van der Waals surface area contributed by atoms with Crippen LogP contribution in [-0.2, 0) is 19.5 Å². The molecular weight excluding hydrogens is 330 g/mol. The smallest absolute Gasteiger partial charge is 0.243 e. The van der Waals surface area contributed by atoms with Gasteiger partial charge in [0.25, 0.3) is 0 Å². The minimum Gasteiger partial charge on any atom is -0.497 e.